The molecule has 2 aromatic carbocycles. The zero-order valence-electron chi connectivity index (χ0n) is 14.8. The second-order valence-corrected chi connectivity index (χ2v) is 6.29. The standard InChI is InChI=1S/C21H19NO5/c1-22-10-9-16(23)21(25-12-14-5-3-2-4-6-14)19(22)20(24)15-7-8-17-18(11-15)27-13-26-17/h2-11,20,24H,12-13H2,1H3. The lowest BCUT2D eigenvalue weighted by Gasteiger charge is -2.19. The molecule has 1 aliphatic rings. The highest BCUT2D eigenvalue weighted by Crippen LogP contribution is 2.36. The highest BCUT2D eigenvalue weighted by atomic mass is 16.7. The summed E-state index contributed by atoms with van der Waals surface area (Å²) in [6.07, 6.45) is 0.563. The average molecular weight is 365 g/mol. The van der Waals surface area contributed by atoms with Crippen LogP contribution in [0.15, 0.2) is 65.6 Å². The molecule has 1 atom stereocenters. The number of pyridine rings is 1. The summed E-state index contributed by atoms with van der Waals surface area (Å²) in [5, 5.41) is 11.0. The Hall–Kier alpha value is -3.25. The minimum Gasteiger partial charge on any atom is -0.483 e. The number of aliphatic hydroxyl groups excluding tert-OH is 1. The van der Waals surface area contributed by atoms with E-state index < -0.39 is 6.10 Å². The number of benzene rings is 2. The van der Waals surface area contributed by atoms with Crippen molar-refractivity contribution in [2.75, 3.05) is 6.79 Å². The Morgan fingerprint density at radius 2 is 1.89 bits per heavy atom. The second-order valence-electron chi connectivity index (χ2n) is 6.29. The lowest BCUT2D eigenvalue weighted by atomic mass is 10.0. The zero-order valence-corrected chi connectivity index (χ0v) is 14.8. The minimum atomic E-state index is -1.05. The van der Waals surface area contributed by atoms with Crippen molar-refractivity contribution in [2.45, 2.75) is 12.7 Å². The van der Waals surface area contributed by atoms with Crippen molar-refractivity contribution < 1.29 is 19.3 Å². The monoisotopic (exact) mass is 365 g/mol. The number of aliphatic hydroxyl groups is 1. The molecule has 2 heterocycles. The topological polar surface area (TPSA) is 69.9 Å². The van der Waals surface area contributed by atoms with Crippen molar-refractivity contribution in [3.8, 4) is 17.2 Å². The van der Waals surface area contributed by atoms with Gasteiger partial charge in [0.05, 0.1) is 5.69 Å². The molecule has 0 spiro atoms. The molecule has 1 aliphatic heterocycles. The van der Waals surface area contributed by atoms with Crippen LogP contribution in [0, 0.1) is 0 Å². The van der Waals surface area contributed by atoms with Crippen molar-refractivity contribution in [1.29, 1.82) is 0 Å². The molecule has 27 heavy (non-hydrogen) atoms. The first-order valence-electron chi connectivity index (χ1n) is 8.57. The summed E-state index contributed by atoms with van der Waals surface area (Å²) in [6.45, 7) is 0.394. The third-order valence-corrected chi connectivity index (χ3v) is 4.48. The smallest absolute Gasteiger partial charge is 0.231 e. The van der Waals surface area contributed by atoms with E-state index in [-0.39, 0.29) is 24.6 Å². The molecule has 6 heteroatoms. The van der Waals surface area contributed by atoms with Gasteiger partial charge in [0.1, 0.15) is 12.7 Å². The Morgan fingerprint density at radius 1 is 1.11 bits per heavy atom. The highest BCUT2D eigenvalue weighted by molar-refractivity contribution is 5.47. The molecule has 138 valence electrons. The van der Waals surface area contributed by atoms with Crippen LogP contribution in [0.2, 0.25) is 0 Å². The van der Waals surface area contributed by atoms with Gasteiger partial charge in [-0.15, -0.1) is 0 Å². The van der Waals surface area contributed by atoms with Gasteiger partial charge < -0.3 is 23.9 Å². The summed E-state index contributed by atoms with van der Waals surface area (Å²) in [6, 6.07) is 16.2. The van der Waals surface area contributed by atoms with E-state index in [0.29, 0.717) is 22.8 Å². The van der Waals surface area contributed by atoms with Crippen LogP contribution in [0.5, 0.6) is 17.2 Å². The van der Waals surface area contributed by atoms with Gasteiger partial charge in [-0.25, -0.2) is 0 Å². The quantitative estimate of drug-likeness (QED) is 0.753. The molecule has 0 saturated carbocycles. The van der Waals surface area contributed by atoms with E-state index in [1.54, 1.807) is 36.0 Å². The molecule has 4 rings (SSSR count). The van der Waals surface area contributed by atoms with Gasteiger partial charge in [-0.3, -0.25) is 4.79 Å². The van der Waals surface area contributed by atoms with Crippen LogP contribution in [0.3, 0.4) is 0 Å². The lowest BCUT2D eigenvalue weighted by molar-refractivity contribution is 0.173. The van der Waals surface area contributed by atoms with E-state index in [9.17, 15) is 9.90 Å². The Balaban J connectivity index is 1.69. The first-order valence-corrected chi connectivity index (χ1v) is 8.57. The number of rotatable bonds is 5. The third-order valence-electron chi connectivity index (χ3n) is 4.48. The van der Waals surface area contributed by atoms with E-state index in [2.05, 4.69) is 0 Å². The highest BCUT2D eigenvalue weighted by Gasteiger charge is 2.23. The molecule has 1 N–H and O–H groups in total. The molecule has 1 unspecified atom stereocenters. The molecule has 0 saturated heterocycles. The number of aryl methyl sites for hydroxylation is 1. The van der Waals surface area contributed by atoms with Crippen LogP contribution in [0.25, 0.3) is 0 Å². The first kappa shape index (κ1) is 17.2. The largest absolute Gasteiger partial charge is 0.483 e. The fourth-order valence-electron chi connectivity index (χ4n) is 3.05. The van der Waals surface area contributed by atoms with E-state index in [1.807, 2.05) is 30.3 Å². The summed E-state index contributed by atoms with van der Waals surface area (Å²) >= 11 is 0. The molecule has 1 aromatic heterocycles. The lowest BCUT2D eigenvalue weighted by Crippen LogP contribution is -2.18. The normalized spacial score (nSPS) is 13.4. The maximum atomic E-state index is 12.4. The Kier molecular flexibility index (Phi) is 4.56. The summed E-state index contributed by atoms with van der Waals surface area (Å²) in [5.74, 6) is 1.33. The Morgan fingerprint density at radius 3 is 2.70 bits per heavy atom. The summed E-state index contributed by atoms with van der Waals surface area (Å²) in [5.41, 5.74) is 1.63. The number of aromatic nitrogens is 1. The van der Waals surface area contributed by atoms with Crippen LogP contribution in [-0.2, 0) is 13.7 Å². The molecular formula is C21H19NO5. The van der Waals surface area contributed by atoms with E-state index in [4.69, 9.17) is 14.2 Å². The van der Waals surface area contributed by atoms with Crippen LogP contribution in [0.4, 0.5) is 0 Å². The minimum absolute atomic E-state index is 0.133. The first-order chi connectivity index (χ1) is 13.1. The van der Waals surface area contributed by atoms with E-state index >= 15 is 0 Å². The van der Waals surface area contributed by atoms with Crippen LogP contribution < -0.4 is 19.6 Å². The summed E-state index contributed by atoms with van der Waals surface area (Å²) < 4.78 is 18.2. The van der Waals surface area contributed by atoms with Crippen molar-refractivity contribution >= 4 is 0 Å². The Bertz CT molecular complexity index is 1010. The third kappa shape index (κ3) is 3.39. The number of nitrogens with zero attached hydrogens (tertiary/aromatic N) is 1. The summed E-state index contributed by atoms with van der Waals surface area (Å²) in [7, 11) is 1.76. The van der Waals surface area contributed by atoms with Gasteiger partial charge >= 0.3 is 0 Å². The predicted octanol–water partition coefficient (Wildman–Crippen LogP) is 2.77. The molecule has 0 radical (unpaired) electrons. The van der Waals surface area contributed by atoms with Gasteiger partial charge in [-0.05, 0) is 23.3 Å². The van der Waals surface area contributed by atoms with E-state index in [0.717, 1.165) is 5.56 Å². The van der Waals surface area contributed by atoms with Crippen molar-refractivity contribution in [2.24, 2.45) is 7.05 Å². The van der Waals surface area contributed by atoms with Gasteiger partial charge in [0.25, 0.3) is 0 Å². The molecule has 0 fully saturated rings. The number of hydrogen-bond donors (Lipinski definition) is 1. The van der Waals surface area contributed by atoms with Crippen molar-refractivity contribution in [3.63, 3.8) is 0 Å². The number of hydrogen-bond acceptors (Lipinski definition) is 5. The fraction of sp³-hybridized carbons (Fsp3) is 0.190. The van der Waals surface area contributed by atoms with Gasteiger partial charge in [0.2, 0.25) is 12.2 Å². The maximum Gasteiger partial charge on any atom is 0.231 e. The second kappa shape index (κ2) is 7.17. The van der Waals surface area contributed by atoms with Crippen molar-refractivity contribution in [1.82, 2.24) is 4.57 Å². The van der Waals surface area contributed by atoms with Gasteiger partial charge in [0.15, 0.2) is 17.2 Å². The van der Waals surface area contributed by atoms with Gasteiger partial charge in [-0.2, -0.15) is 0 Å². The number of ether oxygens (including phenoxy) is 3. The van der Waals surface area contributed by atoms with Crippen LogP contribution in [-0.4, -0.2) is 16.5 Å². The Labute approximate surface area is 156 Å². The zero-order chi connectivity index (χ0) is 18.8. The molecule has 3 aromatic rings. The number of fused-ring (bicyclic) bond motifs is 1. The molecular weight excluding hydrogens is 346 g/mol. The molecule has 0 bridgehead atoms. The summed E-state index contributed by atoms with van der Waals surface area (Å²) in [4.78, 5) is 12.4. The van der Waals surface area contributed by atoms with Crippen LogP contribution >= 0.6 is 0 Å². The molecule has 0 amide bonds. The molecule has 6 nitrogen and oxygen atoms in total. The van der Waals surface area contributed by atoms with Crippen molar-refractivity contribution in [3.05, 3.63) is 87.8 Å². The fourth-order valence-corrected chi connectivity index (χ4v) is 3.05. The van der Waals surface area contributed by atoms with E-state index in [1.165, 1.54) is 6.07 Å². The van der Waals surface area contributed by atoms with Gasteiger partial charge in [0, 0.05) is 19.3 Å². The van der Waals surface area contributed by atoms with Crippen LogP contribution in [0.1, 0.15) is 22.9 Å². The molecule has 0 aliphatic carbocycles. The maximum absolute atomic E-state index is 12.4. The van der Waals surface area contributed by atoms with Gasteiger partial charge in [-0.1, -0.05) is 36.4 Å². The average Bonchev–Trinajstić information content (AvgIpc) is 3.16. The SMILES string of the molecule is Cn1ccc(=O)c(OCc2ccccc2)c1C(O)c1ccc2c(c1)OCO2. The predicted molar refractivity (Wildman–Crippen MR) is 99.1 cm³/mol.